The van der Waals surface area contributed by atoms with Gasteiger partial charge in [-0.1, -0.05) is 5.92 Å². The van der Waals surface area contributed by atoms with Crippen LogP contribution in [0.25, 0.3) is 0 Å². The molecular formula is C8H8ClN3O2S. The molecule has 1 atom stereocenters. The second kappa shape index (κ2) is 4.57. The van der Waals surface area contributed by atoms with Gasteiger partial charge in [0.25, 0.3) is 0 Å². The first-order valence-electron chi connectivity index (χ1n) is 3.91. The van der Waals surface area contributed by atoms with Crippen LogP contribution in [-0.4, -0.2) is 24.4 Å². The van der Waals surface area contributed by atoms with Gasteiger partial charge in [-0.3, -0.25) is 0 Å². The molecule has 0 aliphatic heterocycles. The Kier molecular flexibility index (Phi) is 3.63. The standard InChI is InChI=1S/C8H8ClN3O2S/c1-3-6(2)12-15(13,14)7-4-10-8(9)11-5-7/h1,4-6,12H,2H3. The average molecular weight is 246 g/mol. The molecule has 0 aliphatic rings. The van der Waals surface area contributed by atoms with E-state index >= 15 is 0 Å². The van der Waals surface area contributed by atoms with Crippen molar-refractivity contribution in [3.8, 4) is 12.3 Å². The second-order valence-electron chi connectivity index (χ2n) is 2.70. The van der Waals surface area contributed by atoms with Gasteiger partial charge in [-0.2, -0.15) is 4.72 Å². The van der Waals surface area contributed by atoms with E-state index in [1.54, 1.807) is 6.92 Å². The van der Waals surface area contributed by atoms with Crippen molar-refractivity contribution in [1.82, 2.24) is 14.7 Å². The molecule has 1 unspecified atom stereocenters. The van der Waals surface area contributed by atoms with Gasteiger partial charge in [0.1, 0.15) is 4.90 Å². The van der Waals surface area contributed by atoms with Crippen molar-refractivity contribution in [3.63, 3.8) is 0 Å². The van der Waals surface area contributed by atoms with Crippen LogP contribution < -0.4 is 4.72 Å². The third kappa shape index (κ3) is 3.16. The van der Waals surface area contributed by atoms with Crippen LogP contribution in [-0.2, 0) is 10.0 Å². The molecule has 5 nitrogen and oxygen atoms in total. The van der Waals surface area contributed by atoms with E-state index in [9.17, 15) is 8.42 Å². The Morgan fingerprint density at radius 2 is 2.07 bits per heavy atom. The van der Waals surface area contributed by atoms with Crippen molar-refractivity contribution in [2.45, 2.75) is 17.9 Å². The molecule has 0 spiro atoms. The number of halogens is 1. The molecule has 0 amide bonds. The molecule has 1 heterocycles. The molecule has 15 heavy (non-hydrogen) atoms. The highest BCUT2D eigenvalue weighted by Gasteiger charge is 2.16. The number of rotatable bonds is 3. The third-order valence-electron chi connectivity index (χ3n) is 1.49. The van der Waals surface area contributed by atoms with Crippen LogP contribution in [0.5, 0.6) is 0 Å². The Bertz CT molecular complexity index is 478. The summed E-state index contributed by atoms with van der Waals surface area (Å²) in [5, 5.41) is -0.0149. The smallest absolute Gasteiger partial charge is 0.225 e. The lowest BCUT2D eigenvalue weighted by Crippen LogP contribution is -2.31. The molecule has 0 aliphatic carbocycles. The van der Waals surface area contributed by atoms with E-state index in [0.717, 1.165) is 12.4 Å². The molecule has 1 aromatic heterocycles. The van der Waals surface area contributed by atoms with Crippen molar-refractivity contribution in [3.05, 3.63) is 17.7 Å². The summed E-state index contributed by atoms with van der Waals surface area (Å²) < 4.78 is 25.4. The Morgan fingerprint density at radius 3 is 2.53 bits per heavy atom. The highest BCUT2D eigenvalue weighted by Crippen LogP contribution is 2.07. The number of sulfonamides is 1. The second-order valence-corrected chi connectivity index (χ2v) is 4.75. The predicted molar refractivity (Wildman–Crippen MR) is 55.7 cm³/mol. The lowest BCUT2D eigenvalue weighted by Gasteiger charge is -2.07. The summed E-state index contributed by atoms with van der Waals surface area (Å²) in [6, 6.07) is -0.592. The van der Waals surface area contributed by atoms with Crippen LogP contribution in [0.3, 0.4) is 0 Å². The zero-order valence-corrected chi connectivity index (χ0v) is 9.38. The number of hydrogen-bond acceptors (Lipinski definition) is 4. The topological polar surface area (TPSA) is 72.0 Å². The summed E-state index contributed by atoms with van der Waals surface area (Å²) in [6.07, 6.45) is 7.28. The maximum atomic E-state index is 11.6. The highest BCUT2D eigenvalue weighted by molar-refractivity contribution is 7.89. The Hall–Kier alpha value is -1.16. The number of nitrogens with one attached hydrogen (secondary N) is 1. The predicted octanol–water partition coefficient (Wildman–Crippen LogP) is 0.430. The number of nitrogens with zero attached hydrogens (tertiary/aromatic N) is 2. The third-order valence-corrected chi connectivity index (χ3v) is 3.18. The van der Waals surface area contributed by atoms with Crippen molar-refractivity contribution in [2.24, 2.45) is 0 Å². The SMILES string of the molecule is C#CC(C)NS(=O)(=O)c1cnc(Cl)nc1. The monoisotopic (exact) mass is 245 g/mol. The van der Waals surface area contributed by atoms with Gasteiger partial charge in [-0.05, 0) is 18.5 Å². The van der Waals surface area contributed by atoms with Crippen molar-refractivity contribution < 1.29 is 8.42 Å². The summed E-state index contributed by atoms with van der Waals surface area (Å²) in [6.45, 7) is 1.55. The van der Waals surface area contributed by atoms with Crippen molar-refractivity contribution in [2.75, 3.05) is 0 Å². The molecule has 1 aromatic rings. The minimum Gasteiger partial charge on any atom is -0.225 e. The fourth-order valence-electron chi connectivity index (χ4n) is 0.774. The molecule has 1 N–H and O–H groups in total. The van der Waals surface area contributed by atoms with Crippen LogP contribution in [0.2, 0.25) is 5.28 Å². The van der Waals surface area contributed by atoms with E-state index in [1.807, 2.05) is 0 Å². The lowest BCUT2D eigenvalue weighted by atomic mass is 10.4. The first-order chi connectivity index (χ1) is 6.95. The summed E-state index contributed by atoms with van der Waals surface area (Å²) in [5.41, 5.74) is 0. The largest absolute Gasteiger partial charge is 0.244 e. The van der Waals surface area contributed by atoms with E-state index in [4.69, 9.17) is 18.0 Å². The van der Waals surface area contributed by atoms with Gasteiger partial charge in [0.15, 0.2) is 0 Å². The van der Waals surface area contributed by atoms with Gasteiger partial charge in [0.2, 0.25) is 15.3 Å². The fraction of sp³-hybridized carbons (Fsp3) is 0.250. The molecule has 0 fully saturated rings. The summed E-state index contributed by atoms with van der Waals surface area (Å²) in [5.74, 6) is 2.25. The minimum atomic E-state index is -3.66. The molecule has 0 saturated heterocycles. The fourth-order valence-corrected chi connectivity index (χ4v) is 1.92. The van der Waals surface area contributed by atoms with Crippen LogP contribution in [0, 0.1) is 12.3 Å². The normalized spacial score (nSPS) is 13.1. The minimum absolute atomic E-state index is 0.0149. The van der Waals surface area contributed by atoms with Gasteiger partial charge >= 0.3 is 0 Å². The van der Waals surface area contributed by atoms with Gasteiger partial charge in [-0.15, -0.1) is 6.42 Å². The zero-order valence-electron chi connectivity index (χ0n) is 7.81. The van der Waals surface area contributed by atoms with Gasteiger partial charge < -0.3 is 0 Å². The Balaban J connectivity index is 2.98. The van der Waals surface area contributed by atoms with E-state index in [1.165, 1.54) is 0 Å². The molecule has 0 radical (unpaired) electrons. The van der Waals surface area contributed by atoms with Gasteiger partial charge in [-0.25, -0.2) is 18.4 Å². The number of aromatic nitrogens is 2. The average Bonchev–Trinajstić information content (AvgIpc) is 2.17. The van der Waals surface area contributed by atoms with Crippen LogP contribution in [0.15, 0.2) is 17.3 Å². The maximum absolute atomic E-state index is 11.6. The molecule has 0 bridgehead atoms. The molecule has 0 aromatic carbocycles. The van der Waals surface area contributed by atoms with Crippen molar-refractivity contribution >= 4 is 21.6 Å². The van der Waals surface area contributed by atoms with Crippen LogP contribution in [0.4, 0.5) is 0 Å². The van der Waals surface area contributed by atoms with E-state index in [-0.39, 0.29) is 10.2 Å². The van der Waals surface area contributed by atoms with Crippen LogP contribution in [0.1, 0.15) is 6.92 Å². The molecule has 80 valence electrons. The summed E-state index contributed by atoms with van der Waals surface area (Å²) in [4.78, 5) is 7.05. The van der Waals surface area contributed by atoms with E-state index in [2.05, 4.69) is 20.6 Å². The Morgan fingerprint density at radius 1 is 1.53 bits per heavy atom. The summed E-state index contributed by atoms with van der Waals surface area (Å²) in [7, 11) is -3.66. The van der Waals surface area contributed by atoms with Gasteiger partial charge in [0.05, 0.1) is 18.4 Å². The van der Waals surface area contributed by atoms with Crippen LogP contribution >= 0.6 is 11.6 Å². The number of hydrogen-bond donors (Lipinski definition) is 1. The van der Waals surface area contributed by atoms with E-state index in [0.29, 0.717) is 0 Å². The highest BCUT2D eigenvalue weighted by atomic mass is 35.5. The zero-order chi connectivity index (χ0) is 11.5. The first-order valence-corrected chi connectivity index (χ1v) is 5.78. The summed E-state index contributed by atoms with van der Waals surface area (Å²) >= 11 is 5.42. The number of terminal acetylenes is 1. The van der Waals surface area contributed by atoms with Gasteiger partial charge in [0, 0.05) is 0 Å². The molecule has 0 saturated carbocycles. The molecule has 7 heteroatoms. The van der Waals surface area contributed by atoms with Crippen molar-refractivity contribution in [1.29, 1.82) is 0 Å². The molecular weight excluding hydrogens is 238 g/mol. The van der Waals surface area contributed by atoms with E-state index < -0.39 is 16.1 Å². The lowest BCUT2D eigenvalue weighted by molar-refractivity contribution is 0.576. The first kappa shape index (κ1) is 11.9. The quantitative estimate of drug-likeness (QED) is 0.619. The molecule has 1 rings (SSSR count). The maximum Gasteiger partial charge on any atom is 0.244 e. The Labute approximate surface area is 92.9 Å².